The number of hydrogen-bond acceptors (Lipinski definition) is 7. The van der Waals surface area contributed by atoms with Crippen molar-refractivity contribution in [3.05, 3.63) is 22.7 Å². The average molecular weight is 649 g/mol. The summed E-state index contributed by atoms with van der Waals surface area (Å²) in [6, 6.07) is 10.4. The lowest BCUT2D eigenvalue weighted by atomic mass is 10.0. The Balaban J connectivity index is 2.64. The molecule has 0 unspecified atom stereocenters. The Morgan fingerprint density at radius 3 is 1.66 bits per heavy atom. The average Bonchev–Trinajstić information content (AvgIpc) is 3.16. The van der Waals surface area contributed by atoms with Crippen LogP contribution in [0.2, 0.25) is 36.3 Å². The van der Waals surface area contributed by atoms with Crippen molar-refractivity contribution in [1.82, 2.24) is 9.55 Å². The molecule has 4 atom stereocenters. The van der Waals surface area contributed by atoms with E-state index in [9.17, 15) is 10.1 Å². The van der Waals surface area contributed by atoms with Gasteiger partial charge < -0.3 is 19.3 Å². The van der Waals surface area contributed by atoms with Gasteiger partial charge >= 0.3 is 5.69 Å². The predicted molar refractivity (Wildman–Crippen MR) is 186 cm³/mol. The van der Waals surface area contributed by atoms with E-state index in [1.54, 1.807) is 12.3 Å². The van der Waals surface area contributed by atoms with Gasteiger partial charge in [-0.2, -0.15) is 10.2 Å². The van der Waals surface area contributed by atoms with E-state index in [1.807, 2.05) is 0 Å². The summed E-state index contributed by atoms with van der Waals surface area (Å²) in [5, 5.41) is 10.7. The van der Waals surface area contributed by atoms with Crippen LogP contribution in [-0.2, 0) is 13.6 Å². The number of hydrogen-bond donors (Lipinski definition) is 1. The molecule has 44 heavy (non-hydrogen) atoms. The largest absolute Gasteiger partial charge is 0.414 e. The first kappa shape index (κ1) is 38.7. The minimum Gasteiger partial charge on any atom is -0.414 e. The van der Waals surface area contributed by atoms with E-state index in [0.29, 0.717) is 42.1 Å². The molecule has 0 saturated carbocycles. The highest BCUT2D eigenvalue weighted by Gasteiger charge is 2.52. The van der Waals surface area contributed by atoms with Crippen LogP contribution in [0.25, 0.3) is 0 Å². The molecule has 10 heteroatoms. The molecule has 0 bridgehead atoms. The summed E-state index contributed by atoms with van der Waals surface area (Å²) in [6.07, 6.45) is -0.192. The van der Waals surface area contributed by atoms with E-state index < -0.39 is 46.7 Å². The van der Waals surface area contributed by atoms with E-state index in [2.05, 4.69) is 94.1 Å². The number of nitriles is 1. The molecule has 1 aliphatic rings. The lowest BCUT2D eigenvalue weighted by Crippen LogP contribution is -2.50. The second kappa shape index (κ2) is 16.9. The first-order valence-corrected chi connectivity index (χ1v) is 22.2. The summed E-state index contributed by atoms with van der Waals surface area (Å²) in [5.41, 5.74) is 5.30. The molecule has 1 saturated heterocycles. The van der Waals surface area contributed by atoms with Crippen LogP contribution in [0.4, 0.5) is 5.82 Å². The molecular weight excluding hydrogens is 585 g/mol. The van der Waals surface area contributed by atoms with Crippen molar-refractivity contribution in [1.29, 1.82) is 5.26 Å². The van der Waals surface area contributed by atoms with Gasteiger partial charge in [-0.3, -0.25) is 4.57 Å². The molecule has 1 aliphatic heterocycles. The molecule has 1 aromatic heterocycles. The molecule has 252 valence electrons. The van der Waals surface area contributed by atoms with Crippen LogP contribution in [0.1, 0.15) is 89.3 Å². The van der Waals surface area contributed by atoms with Crippen molar-refractivity contribution < 1.29 is 13.6 Å². The molecule has 2 N–H and O–H groups in total. The van der Waals surface area contributed by atoms with Crippen LogP contribution in [-0.4, -0.2) is 45.0 Å². The third kappa shape index (κ3) is 11.4. The maximum Gasteiger partial charge on any atom is 0.351 e. The second-order valence-electron chi connectivity index (χ2n) is 16.1. The molecule has 1 aromatic rings. The molecule has 0 amide bonds. The number of ether oxygens (including phenoxy) is 1. The smallest absolute Gasteiger partial charge is 0.351 e. The van der Waals surface area contributed by atoms with Crippen LogP contribution in [0.15, 0.2) is 17.1 Å². The normalized spacial score (nSPS) is 21.5. The Hall–Kier alpha value is -1.52. The minimum atomic E-state index is -2.35. The highest BCUT2D eigenvalue weighted by molar-refractivity contribution is 6.74. The third-order valence-electron chi connectivity index (χ3n) is 8.24. The summed E-state index contributed by atoms with van der Waals surface area (Å²) < 4.78 is 22.7. The van der Waals surface area contributed by atoms with Gasteiger partial charge in [-0.15, -0.1) is 0 Å². The van der Waals surface area contributed by atoms with E-state index in [-0.39, 0.29) is 5.82 Å². The Morgan fingerprint density at radius 1 is 0.841 bits per heavy atom. The summed E-state index contributed by atoms with van der Waals surface area (Å²) in [5.74, 6) is 2.46. The van der Waals surface area contributed by atoms with Crippen molar-refractivity contribution in [2.75, 3.05) is 12.3 Å². The number of aromatic nitrogens is 2. The summed E-state index contributed by atoms with van der Waals surface area (Å²) in [4.78, 5) is 17.0. The predicted octanol–water partition coefficient (Wildman–Crippen LogP) is 8.09. The van der Waals surface area contributed by atoms with Gasteiger partial charge in [0.05, 0.1) is 18.8 Å². The van der Waals surface area contributed by atoms with Crippen LogP contribution in [0.3, 0.4) is 0 Å². The second-order valence-corrected chi connectivity index (χ2v) is 23.8. The fraction of sp³-hybridized carbons (Fsp3) is 0.853. The zero-order valence-corrected chi connectivity index (χ0v) is 31.9. The molecule has 2 heterocycles. The summed E-state index contributed by atoms with van der Waals surface area (Å²) in [6.45, 7) is 27.7. The Bertz CT molecular complexity index is 1060. The van der Waals surface area contributed by atoms with Gasteiger partial charge in [0.1, 0.15) is 17.8 Å². The molecule has 0 spiro atoms. The third-order valence-corrected chi connectivity index (χ3v) is 19.2. The van der Waals surface area contributed by atoms with Gasteiger partial charge in [0.2, 0.25) is 0 Å². The summed E-state index contributed by atoms with van der Waals surface area (Å²) >= 11 is 0. The first-order valence-electron chi connectivity index (χ1n) is 17.1. The molecule has 8 nitrogen and oxygen atoms in total. The zero-order valence-electron chi connectivity index (χ0n) is 29.9. The Kier molecular flexibility index (Phi) is 14.8. The Morgan fingerprint density at radius 2 is 1.27 bits per heavy atom. The maximum absolute atomic E-state index is 13.0. The number of nitrogen functional groups attached to an aromatic ring is 1. The van der Waals surface area contributed by atoms with Crippen LogP contribution >= 0.6 is 0 Å². The number of rotatable bonds is 18. The van der Waals surface area contributed by atoms with Crippen LogP contribution in [0.5, 0.6) is 0 Å². The standard InChI is InChI=1S/C34H64N4O4Si2/c1-23(2)17-43(18-24(3)4,19-25(5)6)40-16-30-32(42-44(20-26(7)8,21-27(9)10)22-28(11)12)29(15-35)33(41-30)38-14-13-31(36)37-34(38)39/h13-14,23-30,32-33H,16-22H2,1-12H3,(H2,36,37,39)/t29-,30+,32-,33+/m0/s1. The fourth-order valence-electron chi connectivity index (χ4n) is 7.85. The van der Waals surface area contributed by atoms with Gasteiger partial charge in [0.15, 0.2) is 22.9 Å². The quantitative estimate of drug-likeness (QED) is 0.160. The first-order chi connectivity index (χ1) is 20.4. The molecule has 0 aromatic carbocycles. The van der Waals surface area contributed by atoms with Gasteiger partial charge in [-0.1, -0.05) is 83.1 Å². The molecule has 0 radical (unpaired) electrons. The molecule has 2 rings (SSSR count). The monoisotopic (exact) mass is 648 g/mol. The fourth-order valence-corrected chi connectivity index (χ4v) is 19.8. The van der Waals surface area contributed by atoms with Gasteiger partial charge in [0, 0.05) is 6.20 Å². The number of nitrogens with zero attached hydrogens (tertiary/aromatic N) is 3. The highest BCUT2D eigenvalue weighted by atomic mass is 28.4. The van der Waals surface area contributed by atoms with Crippen molar-refractivity contribution in [3.63, 3.8) is 0 Å². The van der Waals surface area contributed by atoms with Gasteiger partial charge in [-0.05, 0) is 77.8 Å². The lowest BCUT2D eigenvalue weighted by Gasteiger charge is -2.41. The molecule has 1 fully saturated rings. The lowest BCUT2D eigenvalue weighted by molar-refractivity contribution is -0.0428. The van der Waals surface area contributed by atoms with Crippen molar-refractivity contribution in [2.45, 2.75) is 138 Å². The van der Waals surface area contributed by atoms with Gasteiger partial charge in [0.25, 0.3) is 0 Å². The van der Waals surface area contributed by atoms with Gasteiger partial charge in [-0.25, -0.2) is 4.79 Å². The summed E-state index contributed by atoms with van der Waals surface area (Å²) in [7, 11) is -4.53. The molecular formula is C34H64N4O4Si2. The SMILES string of the molecule is CC(C)C[Si](CC(C)C)(CC(C)C)OC[C@H]1O[C@@H](n2ccc(N)nc2=O)[C@@H](C#N)[C@@H]1O[Si](CC(C)C)(CC(C)C)CC(C)C. The Labute approximate surface area is 270 Å². The van der Waals surface area contributed by atoms with E-state index >= 15 is 0 Å². The highest BCUT2D eigenvalue weighted by Crippen LogP contribution is 2.43. The van der Waals surface area contributed by atoms with E-state index in [4.69, 9.17) is 19.3 Å². The number of nitrogens with two attached hydrogens (primary N) is 1. The van der Waals surface area contributed by atoms with Crippen LogP contribution in [0, 0.1) is 52.8 Å². The minimum absolute atomic E-state index is 0.148. The van der Waals surface area contributed by atoms with Crippen LogP contribution < -0.4 is 11.4 Å². The van der Waals surface area contributed by atoms with Crippen molar-refractivity contribution >= 4 is 22.5 Å². The maximum atomic E-state index is 13.0. The zero-order chi connectivity index (χ0) is 33.4. The van der Waals surface area contributed by atoms with Crippen molar-refractivity contribution in [2.24, 2.45) is 41.4 Å². The van der Waals surface area contributed by atoms with E-state index in [0.717, 1.165) is 36.3 Å². The van der Waals surface area contributed by atoms with E-state index in [1.165, 1.54) is 4.57 Å². The molecule has 0 aliphatic carbocycles. The van der Waals surface area contributed by atoms with Crippen molar-refractivity contribution in [3.8, 4) is 6.07 Å². The topological polar surface area (TPSA) is 112 Å². The number of anilines is 1.